The fourth-order valence-electron chi connectivity index (χ4n) is 1.67. The summed E-state index contributed by atoms with van der Waals surface area (Å²) in [6.07, 6.45) is -0.740. The van der Waals surface area contributed by atoms with Crippen LogP contribution < -0.4 is 10.6 Å². The van der Waals surface area contributed by atoms with Crippen molar-refractivity contribution in [2.75, 3.05) is 19.6 Å². The van der Waals surface area contributed by atoms with E-state index < -0.39 is 17.9 Å². The molecule has 16 heavy (non-hydrogen) atoms. The lowest BCUT2D eigenvalue weighted by atomic mass is 9.98. The minimum Gasteiger partial charge on any atom is -0.444 e. The van der Waals surface area contributed by atoms with Crippen LogP contribution >= 0.6 is 0 Å². The quantitative estimate of drug-likeness (QED) is 0.758. The fraction of sp³-hybridized carbons (Fsp3) is 0.909. The molecule has 0 aromatic heterocycles. The van der Waals surface area contributed by atoms with Gasteiger partial charge in [-0.2, -0.15) is 0 Å². The lowest BCUT2D eigenvalue weighted by Gasteiger charge is -2.26. The van der Waals surface area contributed by atoms with Crippen LogP contribution in [0, 0.1) is 5.92 Å². The number of ether oxygens (including phenoxy) is 1. The summed E-state index contributed by atoms with van der Waals surface area (Å²) < 4.78 is 18.1. The van der Waals surface area contributed by atoms with E-state index in [2.05, 4.69) is 10.6 Å². The third-order valence-electron chi connectivity index (χ3n) is 2.32. The Balaban J connectivity index is 2.21. The van der Waals surface area contributed by atoms with Crippen LogP contribution in [0.5, 0.6) is 0 Å². The minimum atomic E-state index is -0.806. The van der Waals surface area contributed by atoms with E-state index in [9.17, 15) is 9.18 Å². The molecule has 2 N–H and O–H groups in total. The summed E-state index contributed by atoms with van der Waals surface area (Å²) in [6, 6.07) is 0. The van der Waals surface area contributed by atoms with Gasteiger partial charge >= 0.3 is 6.09 Å². The van der Waals surface area contributed by atoms with Crippen molar-refractivity contribution >= 4 is 6.09 Å². The van der Waals surface area contributed by atoms with Crippen LogP contribution in [0.1, 0.15) is 27.2 Å². The first kappa shape index (κ1) is 13.2. The average Bonchev–Trinajstić information content (AvgIpc) is 2.12. The first-order chi connectivity index (χ1) is 7.37. The Bertz CT molecular complexity index is 241. The Labute approximate surface area is 95.9 Å². The first-order valence-electron chi connectivity index (χ1n) is 5.68. The van der Waals surface area contributed by atoms with Gasteiger partial charge in [0.05, 0.1) is 0 Å². The molecule has 1 heterocycles. The number of halogens is 1. The predicted molar refractivity (Wildman–Crippen MR) is 60.1 cm³/mol. The molecule has 1 amide bonds. The molecule has 0 aromatic carbocycles. The number of alkyl carbamates (subject to hydrolysis) is 1. The van der Waals surface area contributed by atoms with Gasteiger partial charge in [0.1, 0.15) is 11.8 Å². The van der Waals surface area contributed by atoms with Crippen molar-refractivity contribution in [3.63, 3.8) is 0 Å². The van der Waals surface area contributed by atoms with Gasteiger partial charge in [-0.25, -0.2) is 9.18 Å². The molecule has 1 aliphatic heterocycles. The number of nitrogens with one attached hydrogen (secondary N) is 2. The summed E-state index contributed by atoms with van der Waals surface area (Å²) in [5, 5.41) is 5.65. The average molecular weight is 232 g/mol. The van der Waals surface area contributed by atoms with E-state index >= 15 is 0 Å². The van der Waals surface area contributed by atoms with Crippen molar-refractivity contribution in [1.82, 2.24) is 10.6 Å². The molecule has 1 aliphatic rings. The molecule has 0 saturated carbocycles. The van der Waals surface area contributed by atoms with Crippen molar-refractivity contribution in [3.05, 3.63) is 0 Å². The van der Waals surface area contributed by atoms with Gasteiger partial charge < -0.3 is 15.4 Å². The SMILES string of the molecule is CC(C)(C)OC(=O)NCC1CNCC(F)C1. The lowest BCUT2D eigenvalue weighted by Crippen LogP contribution is -2.43. The molecular formula is C11H21FN2O2. The number of amides is 1. The molecule has 4 nitrogen and oxygen atoms in total. The first-order valence-corrected chi connectivity index (χ1v) is 5.68. The normalized spacial score (nSPS) is 26.2. The van der Waals surface area contributed by atoms with Crippen molar-refractivity contribution in [2.24, 2.45) is 5.92 Å². The van der Waals surface area contributed by atoms with Gasteiger partial charge in [-0.05, 0) is 39.7 Å². The zero-order chi connectivity index (χ0) is 12.2. The number of hydrogen-bond donors (Lipinski definition) is 2. The number of rotatable bonds is 2. The molecule has 5 heteroatoms. The van der Waals surface area contributed by atoms with E-state index in [1.54, 1.807) is 0 Å². The molecule has 0 aromatic rings. The Hall–Kier alpha value is -0.840. The Morgan fingerprint density at radius 1 is 1.50 bits per heavy atom. The van der Waals surface area contributed by atoms with Crippen molar-refractivity contribution in [1.29, 1.82) is 0 Å². The highest BCUT2D eigenvalue weighted by Gasteiger charge is 2.22. The second kappa shape index (κ2) is 5.48. The maximum Gasteiger partial charge on any atom is 0.407 e. The van der Waals surface area contributed by atoms with Crippen molar-refractivity contribution in [3.8, 4) is 0 Å². The van der Waals surface area contributed by atoms with Crippen molar-refractivity contribution < 1.29 is 13.9 Å². The highest BCUT2D eigenvalue weighted by atomic mass is 19.1. The topological polar surface area (TPSA) is 50.4 Å². The van der Waals surface area contributed by atoms with Gasteiger partial charge in [0.15, 0.2) is 0 Å². The molecule has 0 aliphatic carbocycles. The maximum atomic E-state index is 13.0. The van der Waals surface area contributed by atoms with Gasteiger partial charge in [0.2, 0.25) is 0 Å². The number of carbonyl (C=O) groups is 1. The molecule has 94 valence electrons. The van der Waals surface area contributed by atoms with Crippen molar-refractivity contribution in [2.45, 2.75) is 39.0 Å². The van der Waals surface area contributed by atoms with Crippen LogP contribution in [0.2, 0.25) is 0 Å². The molecule has 1 saturated heterocycles. The monoisotopic (exact) mass is 232 g/mol. The predicted octanol–water partition coefficient (Wildman–Crippen LogP) is 1.46. The minimum absolute atomic E-state index is 0.149. The number of carbonyl (C=O) groups excluding carboxylic acids is 1. The molecule has 2 atom stereocenters. The molecule has 0 spiro atoms. The smallest absolute Gasteiger partial charge is 0.407 e. The highest BCUT2D eigenvalue weighted by molar-refractivity contribution is 5.67. The Morgan fingerprint density at radius 2 is 2.19 bits per heavy atom. The second-order valence-electron chi connectivity index (χ2n) is 5.24. The van der Waals surface area contributed by atoms with Crippen LogP contribution in [-0.4, -0.2) is 37.5 Å². The molecular weight excluding hydrogens is 211 g/mol. The van der Waals surface area contributed by atoms with Crippen LogP contribution in [0.15, 0.2) is 0 Å². The number of hydrogen-bond acceptors (Lipinski definition) is 3. The molecule has 2 unspecified atom stereocenters. The zero-order valence-electron chi connectivity index (χ0n) is 10.2. The summed E-state index contributed by atoms with van der Waals surface area (Å²) in [6.45, 7) is 7.06. The van der Waals surface area contributed by atoms with E-state index in [0.717, 1.165) is 6.54 Å². The second-order valence-corrected chi connectivity index (χ2v) is 5.24. The van der Waals surface area contributed by atoms with Gasteiger partial charge in [-0.1, -0.05) is 0 Å². The number of alkyl halides is 1. The van der Waals surface area contributed by atoms with Crippen LogP contribution in [0.3, 0.4) is 0 Å². The maximum absolute atomic E-state index is 13.0. The lowest BCUT2D eigenvalue weighted by molar-refractivity contribution is 0.0512. The van der Waals surface area contributed by atoms with E-state index in [0.29, 0.717) is 19.5 Å². The van der Waals surface area contributed by atoms with E-state index in [1.165, 1.54) is 0 Å². The van der Waals surface area contributed by atoms with Crippen LogP contribution in [-0.2, 0) is 4.74 Å². The van der Waals surface area contributed by atoms with Gasteiger partial charge in [0.25, 0.3) is 0 Å². The summed E-state index contributed by atoms with van der Waals surface area (Å²) in [5.41, 5.74) is -0.489. The van der Waals surface area contributed by atoms with Gasteiger partial charge in [0, 0.05) is 13.1 Å². The van der Waals surface area contributed by atoms with E-state index in [1.807, 2.05) is 20.8 Å². The summed E-state index contributed by atoms with van der Waals surface area (Å²) >= 11 is 0. The fourth-order valence-corrected chi connectivity index (χ4v) is 1.67. The standard InChI is InChI=1S/C11H21FN2O2/c1-11(2,3)16-10(15)14-6-8-4-9(12)7-13-5-8/h8-9,13H,4-7H2,1-3H3,(H,14,15). The summed E-state index contributed by atoms with van der Waals surface area (Å²) in [4.78, 5) is 11.3. The summed E-state index contributed by atoms with van der Waals surface area (Å²) in [7, 11) is 0. The third kappa shape index (κ3) is 5.30. The zero-order valence-corrected chi connectivity index (χ0v) is 10.2. The molecule has 0 bridgehead atoms. The largest absolute Gasteiger partial charge is 0.444 e. The van der Waals surface area contributed by atoms with Gasteiger partial charge in [-0.15, -0.1) is 0 Å². The van der Waals surface area contributed by atoms with E-state index in [4.69, 9.17) is 4.74 Å². The summed E-state index contributed by atoms with van der Waals surface area (Å²) in [5.74, 6) is 0.149. The van der Waals surface area contributed by atoms with Gasteiger partial charge in [-0.3, -0.25) is 0 Å². The third-order valence-corrected chi connectivity index (χ3v) is 2.32. The molecule has 1 fully saturated rings. The molecule has 0 radical (unpaired) electrons. The Kier molecular flexibility index (Phi) is 4.53. The van der Waals surface area contributed by atoms with Crippen LogP contribution in [0.25, 0.3) is 0 Å². The van der Waals surface area contributed by atoms with E-state index in [-0.39, 0.29) is 5.92 Å². The Morgan fingerprint density at radius 3 is 2.75 bits per heavy atom. The molecule has 1 rings (SSSR count). The van der Waals surface area contributed by atoms with Crippen LogP contribution in [0.4, 0.5) is 9.18 Å². The number of piperidine rings is 1. The highest BCUT2D eigenvalue weighted by Crippen LogP contribution is 2.12.